The van der Waals surface area contributed by atoms with Gasteiger partial charge in [0.25, 0.3) is 0 Å². The molecule has 1 aromatic carbocycles. The summed E-state index contributed by atoms with van der Waals surface area (Å²) in [5.41, 5.74) is 1.13. The van der Waals surface area contributed by atoms with E-state index >= 15 is 0 Å². The summed E-state index contributed by atoms with van der Waals surface area (Å²) in [5, 5.41) is 9.17. The van der Waals surface area contributed by atoms with Crippen LogP contribution in [0.4, 0.5) is 0 Å². The van der Waals surface area contributed by atoms with Crippen LogP contribution in [0, 0.1) is 11.3 Å². The summed E-state index contributed by atoms with van der Waals surface area (Å²) >= 11 is 6.86. The van der Waals surface area contributed by atoms with Crippen molar-refractivity contribution in [1.29, 1.82) is 5.26 Å². The van der Waals surface area contributed by atoms with Gasteiger partial charge in [-0.3, -0.25) is 0 Å². The van der Waals surface area contributed by atoms with Crippen molar-refractivity contribution < 1.29 is 4.74 Å². The lowest BCUT2D eigenvalue weighted by atomic mass is 10.2. The quantitative estimate of drug-likeness (QED) is 0.564. The van der Waals surface area contributed by atoms with Crippen molar-refractivity contribution in [1.82, 2.24) is 0 Å². The lowest BCUT2D eigenvalue weighted by molar-refractivity contribution is 0.305. The molecular weight excluding hydrogens is 334 g/mol. The molecule has 0 aliphatic rings. The Morgan fingerprint density at radius 1 is 1.31 bits per heavy atom. The summed E-state index contributed by atoms with van der Waals surface area (Å²) in [7, 11) is 0. The number of benzene rings is 1. The Morgan fingerprint density at radius 2 is 2.12 bits per heavy atom. The fourth-order valence-corrected chi connectivity index (χ4v) is 2.13. The monoisotopic (exact) mass is 345 g/mol. The number of nitrogens with zero attached hydrogens (tertiary/aromatic N) is 1. The summed E-state index contributed by atoms with van der Waals surface area (Å²) in [4.78, 5) is 0. The minimum absolute atomic E-state index is 0.606. The zero-order valence-corrected chi connectivity index (χ0v) is 12.1. The molecular formula is C12H13Br2NO. The first-order valence-electron chi connectivity index (χ1n) is 5.12. The second-order valence-electron chi connectivity index (χ2n) is 3.35. The first kappa shape index (κ1) is 13.5. The zero-order chi connectivity index (χ0) is 11.8. The van der Waals surface area contributed by atoms with Crippen molar-refractivity contribution in [2.75, 3.05) is 6.61 Å². The van der Waals surface area contributed by atoms with Crippen molar-refractivity contribution in [3.05, 3.63) is 28.2 Å². The van der Waals surface area contributed by atoms with E-state index in [1.807, 2.05) is 18.2 Å². The van der Waals surface area contributed by atoms with Gasteiger partial charge in [0, 0.05) is 21.8 Å². The van der Waals surface area contributed by atoms with E-state index in [4.69, 9.17) is 10.00 Å². The van der Waals surface area contributed by atoms with Gasteiger partial charge in [-0.1, -0.05) is 31.9 Å². The molecule has 0 spiro atoms. The molecule has 0 aliphatic heterocycles. The van der Waals surface area contributed by atoms with Gasteiger partial charge in [0.1, 0.15) is 5.75 Å². The van der Waals surface area contributed by atoms with E-state index in [-0.39, 0.29) is 0 Å². The number of nitriles is 1. The van der Waals surface area contributed by atoms with Crippen LogP contribution in [0.25, 0.3) is 0 Å². The summed E-state index contributed by atoms with van der Waals surface area (Å²) in [6.45, 7) is 0.670. The molecule has 0 saturated heterocycles. The fraction of sp³-hybridized carbons (Fsp3) is 0.417. The normalized spacial score (nSPS) is 9.81. The summed E-state index contributed by atoms with van der Waals surface area (Å²) in [5.74, 6) is 0.914. The number of ether oxygens (including phenoxy) is 1. The summed E-state index contributed by atoms with van der Waals surface area (Å²) in [6.07, 6.45) is 2.43. The molecule has 0 bridgehead atoms. The second-order valence-corrected chi connectivity index (χ2v) is 4.83. The Kier molecular flexibility index (Phi) is 6.51. The molecule has 16 heavy (non-hydrogen) atoms. The van der Waals surface area contributed by atoms with Crippen molar-refractivity contribution in [2.45, 2.75) is 24.6 Å². The predicted molar refractivity (Wildman–Crippen MR) is 71.7 cm³/mol. The van der Waals surface area contributed by atoms with E-state index in [2.05, 4.69) is 37.9 Å². The largest absolute Gasteiger partial charge is 0.493 e. The zero-order valence-electron chi connectivity index (χ0n) is 8.88. The average molecular weight is 347 g/mol. The highest BCUT2D eigenvalue weighted by atomic mass is 79.9. The van der Waals surface area contributed by atoms with E-state index in [1.165, 1.54) is 0 Å². The molecule has 0 heterocycles. The van der Waals surface area contributed by atoms with Gasteiger partial charge in [0.05, 0.1) is 12.7 Å². The molecule has 2 nitrogen and oxygen atoms in total. The maximum atomic E-state index is 8.39. The molecule has 4 heteroatoms. The van der Waals surface area contributed by atoms with Gasteiger partial charge in [0.2, 0.25) is 0 Å². The van der Waals surface area contributed by atoms with E-state index < -0.39 is 0 Å². The van der Waals surface area contributed by atoms with Gasteiger partial charge in [-0.15, -0.1) is 0 Å². The first-order valence-corrected chi connectivity index (χ1v) is 7.03. The van der Waals surface area contributed by atoms with Crippen LogP contribution in [0.5, 0.6) is 5.75 Å². The van der Waals surface area contributed by atoms with Crippen LogP contribution >= 0.6 is 31.9 Å². The number of hydrogen-bond donors (Lipinski definition) is 0. The highest BCUT2D eigenvalue weighted by molar-refractivity contribution is 9.10. The maximum absolute atomic E-state index is 8.39. The van der Waals surface area contributed by atoms with E-state index in [1.54, 1.807) is 0 Å². The van der Waals surface area contributed by atoms with Crippen molar-refractivity contribution in [3.8, 4) is 11.8 Å². The predicted octanol–water partition coefficient (Wildman–Crippen LogP) is 4.42. The molecule has 0 saturated carbocycles. The fourth-order valence-electron chi connectivity index (χ4n) is 1.28. The van der Waals surface area contributed by atoms with Gasteiger partial charge in [-0.25, -0.2) is 0 Å². The van der Waals surface area contributed by atoms with Crippen molar-refractivity contribution >= 4 is 31.9 Å². The molecule has 86 valence electrons. The van der Waals surface area contributed by atoms with Crippen molar-refractivity contribution in [2.24, 2.45) is 0 Å². The van der Waals surface area contributed by atoms with Crippen LogP contribution in [0.2, 0.25) is 0 Å². The average Bonchev–Trinajstić information content (AvgIpc) is 2.30. The maximum Gasteiger partial charge on any atom is 0.123 e. The number of hydrogen-bond acceptors (Lipinski definition) is 2. The lowest BCUT2D eigenvalue weighted by Gasteiger charge is -2.09. The molecule has 0 unspecified atom stereocenters. The number of unbranched alkanes of at least 4 members (excludes halogenated alkanes) is 2. The number of halogens is 2. The number of alkyl halides is 1. The third-order valence-electron chi connectivity index (χ3n) is 2.11. The Morgan fingerprint density at radius 3 is 2.81 bits per heavy atom. The van der Waals surface area contributed by atoms with Crippen LogP contribution < -0.4 is 4.74 Å². The lowest BCUT2D eigenvalue weighted by Crippen LogP contribution is -1.99. The third kappa shape index (κ3) is 4.54. The minimum atomic E-state index is 0.606. The molecule has 0 radical (unpaired) electrons. The van der Waals surface area contributed by atoms with Crippen LogP contribution in [0.15, 0.2) is 22.7 Å². The Bertz CT molecular complexity index is 374. The van der Waals surface area contributed by atoms with E-state index in [0.717, 1.165) is 34.0 Å². The van der Waals surface area contributed by atoms with Gasteiger partial charge < -0.3 is 4.74 Å². The molecule has 0 amide bonds. The Balaban J connectivity index is 2.44. The highest BCUT2D eigenvalue weighted by Gasteiger charge is 2.03. The molecule has 0 atom stereocenters. The van der Waals surface area contributed by atoms with Crippen LogP contribution in [-0.2, 0) is 5.33 Å². The smallest absolute Gasteiger partial charge is 0.123 e. The molecule has 1 aromatic rings. The molecule has 0 aromatic heterocycles. The van der Waals surface area contributed by atoms with Gasteiger partial charge in [-0.05, 0) is 31.0 Å². The van der Waals surface area contributed by atoms with Gasteiger partial charge >= 0.3 is 0 Å². The Hall–Kier alpha value is -0.530. The summed E-state index contributed by atoms with van der Waals surface area (Å²) in [6, 6.07) is 8.10. The third-order valence-corrected chi connectivity index (χ3v) is 3.20. The van der Waals surface area contributed by atoms with Gasteiger partial charge in [0.15, 0.2) is 0 Å². The van der Waals surface area contributed by atoms with Crippen LogP contribution in [0.1, 0.15) is 24.8 Å². The molecule has 0 fully saturated rings. The first-order chi connectivity index (χ1) is 7.77. The Labute approximate surface area is 113 Å². The van der Waals surface area contributed by atoms with E-state index in [9.17, 15) is 0 Å². The minimum Gasteiger partial charge on any atom is -0.493 e. The van der Waals surface area contributed by atoms with Gasteiger partial charge in [-0.2, -0.15) is 5.26 Å². The van der Waals surface area contributed by atoms with Crippen molar-refractivity contribution in [3.63, 3.8) is 0 Å². The topological polar surface area (TPSA) is 33.0 Å². The van der Waals surface area contributed by atoms with E-state index in [0.29, 0.717) is 13.0 Å². The SMILES string of the molecule is N#CCCCCOc1ccc(Br)cc1CBr. The summed E-state index contributed by atoms with van der Waals surface area (Å²) < 4.78 is 6.72. The highest BCUT2D eigenvalue weighted by Crippen LogP contribution is 2.25. The molecule has 1 rings (SSSR count). The molecule has 0 N–H and O–H groups in total. The second kappa shape index (κ2) is 7.70. The standard InChI is InChI=1S/C12H13Br2NO/c13-9-10-8-11(14)4-5-12(10)16-7-3-1-2-6-15/h4-5,8H,1-3,7,9H2. The molecule has 0 aliphatic carbocycles. The van der Waals surface area contributed by atoms with Crippen LogP contribution in [-0.4, -0.2) is 6.61 Å². The number of rotatable bonds is 6. The van der Waals surface area contributed by atoms with Crippen LogP contribution in [0.3, 0.4) is 0 Å².